The topological polar surface area (TPSA) is 61.8 Å². The van der Waals surface area contributed by atoms with Crippen molar-refractivity contribution in [2.75, 3.05) is 31.8 Å². The Balaban J connectivity index is 0.000000485. The minimum Gasteiger partial charge on any atom is -0.491 e. The van der Waals surface area contributed by atoms with Gasteiger partial charge in [-0.3, -0.25) is 0 Å². The minimum atomic E-state index is -5.74. The van der Waals surface area contributed by atoms with E-state index in [1.54, 1.807) is 18.2 Å². The maximum absolute atomic E-state index is 12.5. The molecule has 0 bridgehead atoms. The first-order chi connectivity index (χ1) is 13.3. The van der Waals surface area contributed by atoms with E-state index < -0.39 is 21.4 Å². The molecule has 5 nitrogen and oxygen atoms in total. The van der Waals surface area contributed by atoms with Crippen LogP contribution in [-0.2, 0) is 14.9 Å². The van der Waals surface area contributed by atoms with Gasteiger partial charge >= 0.3 is 15.6 Å². The molecule has 1 aliphatic heterocycles. The number of ether oxygens (including phenoxy) is 2. The quantitative estimate of drug-likeness (QED) is 0.373. The second-order valence-corrected chi connectivity index (χ2v) is 8.51. The number of hydrogen-bond acceptors (Lipinski definition) is 6. The van der Waals surface area contributed by atoms with Crippen molar-refractivity contribution in [2.45, 2.75) is 18.3 Å². The van der Waals surface area contributed by atoms with E-state index in [4.69, 9.17) is 9.47 Å². The SMILES string of the molecule is C1CCSC1.COCCOc1ccc(OS(=O)(=O)C(F)(F)F)c2ccccc12. The highest BCUT2D eigenvalue weighted by molar-refractivity contribution is 7.99. The lowest BCUT2D eigenvalue weighted by atomic mass is 10.1. The Morgan fingerprint density at radius 2 is 1.54 bits per heavy atom. The zero-order valence-electron chi connectivity index (χ0n) is 15.2. The number of rotatable bonds is 6. The third-order valence-corrected chi connectivity index (χ3v) is 5.82. The van der Waals surface area contributed by atoms with E-state index in [9.17, 15) is 21.6 Å². The van der Waals surface area contributed by atoms with E-state index in [1.165, 1.54) is 43.6 Å². The lowest BCUT2D eigenvalue weighted by molar-refractivity contribution is -0.0499. The van der Waals surface area contributed by atoms with Crippen molar-refractivity contribution < 1.29 is 35.2 Å². The molecule has 2 aromatic rings. The Labute approximate surface area is 166 Å². The van der Waals surface area contributed by atoms with Gasteiger partial charge in [-0.15, -0.1) is 0 Å². The molecule has 2 aromatic carbocycles. The number of hydrogen-bond donors (Lipinski definition) is 0. The molecule has 0 aromatic heterocycles. The van der Waals surface area contributed by atoms with Crippen LogP contribution >= 0.6 is 11.8 Å². The summed E-state index contributed by atoms with van der Waals surface area (Å²) in [6.07, 6.45) is 2.93. The van der Waals surface area contributed by atoms with Crippen molar-refractivity contribution in [2.24, 2.45) is 0 Å². The lowest BCUT2D eigenvalue weighted by Gasteiger charge is -2.14. The number of alkyl halides is 3. The number of halogens is 3. The fourth-order valence-corrected chi connectivity index (χ4v) is 3.85. The summed E-state index contributed by atoms with van der Waals surface area (Å²) in [7, 11) is -4.24. The second kappa shape index (κ2) is 10.2. The van der Waals surface area contributed by atoms with Crippen LogP contribution < -0.4 is 8.92 Å². The summed E-state index contributed by atoms with van der Waals surface area (Å²) < 4.78 is 74.2. The Kier molecular flexibility index (Phi) is 8.26. The fourth-order valence-electron chi connectivity index (χ4n) is 2.35. The van der Waals surface area contributed by atoms with Gasteiger partial charge in [0.25, 0.3) is 0 Å². The van der Waals surface area contributed by atoms with E-state index in [2.05, 4.69) is 15.9 Å². The van der Waals surface area contributed by atoms with Crippen LogP contribution in [0.3, 0.4) is 0 Å². The van der Waals surface area contributed by atoms with E-state index >= 15 is 0 Å². The molecular formula is C18H21F3O5S2. The fraction of sp³-hybridized carbons (Fsp3) is 0.444. The van der Waals surface area contributed by atoms with Gasteiger partial charge in [-0.25, -0.2) is 0 Å². The van der Waals surface area contributed by atoms with Gasteiger partial charge in [0.2, 0.25) is 0 Å². The average molecular weight is 438 g/mol. The number of benzene rings is 2. The van der Waals surface area contributed by atoms with Gasteiger partial charge in [0.15, 0.2) is 5.75 Å². The van der Waals surface area contributed by atoms with E-state index in [1.807, 2.05) is 0 Å². The Hall–Kier alpha value is -1.65. The number of thioether (sulfide) groups is 1. The molecule has 28 heavy (non-hydrogen) atoms. The molecule has 0 N–H and O–H groups in total. The van der Waals surface area contributed by atoms with Crippen molar-refractivity contribution in [1.29, 1.82) is 0 Å². The Morgan fingerprint density at radius 3 is 2.04 bits per heavy atom. The number of fused-ring (bicyclic) bond motifs is 1. The maximum Gasteiger partial charge on any atom is 0.534 e. The van der Waals surface area contributed by atoms with Crippen molar-refractivity contribution >= 4 is 32.7 Å². The van der Waals surface area contributed by atoms with Crippen LogP contribution in [0.15, 0.2) is 36.4 Å². The van der Waals surface area contributed by atoms with Crippen molar-refractivity contribution in [3.63, 3.8) is 0 Å². The van der Waals surface area contributed by atoms with Crippen molar-refractivity contribution in [1.82, 2.24) is 0 Å². The zero-order chi connectivity index (χ0) is 20.6. The highest BCUT2D eigenvalue weighted by Gasteiger charge is 2.48. The van der Waals surface area contributed by atoms with Crippen LogP contribution in [0, 0.1) is 0 Å². The van der Waals surface area contributed by atoms with Gasteiger partial charge in [-0.05, 0) is 36.5 Å². The van der Waals surface area contributed by atoms with Gasteiger partial charge in [0.05, 0.1) is 6.61 Å². The summed E-state index contributed by atoms with van der Waals surface area (Å²) >= 11 is 2.07. The molecule has 1 saturated heterocycles. The molecule has 0 saturated carbocycles. The third-order valence-electron chi connectivity index (χ3n) is 3.70. The summed E-state index contributed by atoms with van der Waals surface area (Å²) in [5.74, 6) is 2.80. The molecule has 1 fully saturated rings. The van der Waals surface area contributed by atoms with Crippen LogP contribution in [0.5, 0.6) is 11.5 Å². The highest BCUT2D eigenvalue weighted by atomic mass is 32.2. The summed E-state index contributed by atoms with van der Waals surface area (Å²) in [6.45, 7) is 0.566. The average Bonchev–Trinajstić information content (AvgIpc) is 3.22. The number of methoxy groups -OCH3 is 1. The zero-order valence-corrected chi connectivity index (χ0v) is 16.8. The summed E-state index contributed by atoms with van der Waals surface area (Å²) in [5, 5.41) is 0.619. The van der Waals surface area contributed by atoms with E-state index in [0.29, 0.717) is 17.7 Å². The first-order valence-electron chi connectivity index (χ1n) is 8.48. The van der Waals surface area contributed by atoms with Crippen LogP contribution in [-0.4, -0.2) is 45.8 Å². The van der Waals surface area contributed by atoms with Crippen LogP contribution in [0.1, 0.15) is 12.8 Å². The molecular weight excluding hydrogens is 417 g/mol. The van der Waals surface area contributed by atoms with Gasteiger partial charge in [0.1, 0.15) is 12.4 Å². The van der Waals surface area contributed by atoms with E-state index in [-0.39, 0.29) is 12.0 Å². The molecule has 1 heterocycles. The van der Waals surface area contributed by atoms with Gasteiger partial charge < -0.3 is 13.7 Å². The summed E-state index contributed by atoms with van der Waals surface area (Å²) in [5.41, 5.74) is -5.50. The molecule has 0 unspecified atom stereocenters. The van der Waals surface area contributed by atoms with Crippen LogP contribution in [0.25, 0.3) is 10.8 Å². The van der Waals surface area contributed by atoms with Gasteiger partial charge in [-0.1, -0.05) is 24.3 Å². The molecule has 0 atom stereocenters. The minimum absolute atomic E-state index is 0.190. The normalized spacial score (nSPS) is 14.4. The monoisotopic (exact) mass is 438 g/mol. The third kappa shape index (κ3) is 6.18. The Morgan fingerprint density at radius 1 is 0.964 bits per heavy atom. The predicted octanol–water partition coefficient (Wildman–Crippen LogP) is 4.61. The molecule has 0 spiro atoms. The molecule has 3 rings (SSSR count). The molecule has 10 heteroatoms. The van der Waals surface area contributed by atoms with Crippen LogP contribution in [0.4, 0.5) is 13.2 Å². The molecule has 0 aliphatic carbocycles. The van der Waals surface area contributed by atoms with Gasteiger partial charge in [-0.2, -0.15) is 33.4 Å². The van der Waals surface area contributed by atoms with Gasteiger partial charge in [0, 0.05) is 17.9 Å². The molecule has 1 aliphatic rings. The van der Waals surface area contributed by atoms with E-state index in [0.717, 1.165) is 6.07 Å². The van der Waals surface area contributed by atoms with Crippen molar-refractivity contribution in [3.8, 4) is 11.5 Å². The second-order valence-electron chi connectivity index (χ2n) is 5.75. The largest absolute Gasteiger partial charge is 0.534 e. The summed E-state index contributed by atoms with van der Waals surface area (Å²) in [6, 6.07) is 8.69. The smallest absolute Gasteiger partial charge is 0.491 e. The maximum atomic E-state index is 12.5. The lowest BCUT2D eigenvalue weighted by Crippen LogP contribution is -2.28. The Bertz CT molecular complexity index is 858. The first-order valence-corrected chi connectivity index (χ1v) is 11.0. The van der Waals surface area contributed by atoms with Crippen molar-refractivity contribution in [3.05, 3.63) is 36.4 Å². The standard InChI is InChI=1S/C14H13F3O5S.C4H8S/c1-20-8-9-21-12-6-7-13(11-5-3-2-4-10(11)12)22-23(18,19)14(15,16)17;1-2-4-5-3-1/h2-7H,8-9H2,1H3;1-4H2. The van der Waals surface area contributed by atoms with Crippen LogP contribution in [0.2, 0.25) is 0 Å². The molecule has 0 amide bonds. The highest BCUT2D eigenvalue weighted by Crippen LogP contribution is 2.36. The first kappa shape index (κ1) is 22.6. The predicted molar refractivity (Wildman–Crippen MR) is 103 cm³/mol. The summed E-state index contributed by atoms with van der Waals surface area (Å²) in [4.78, 5) is 0. The molecule has 156 valence electrons. The molecule has 0 radical (unpaired) electrons.